The van der Waals surface area contributed by atoms with Gasteiger partial charge >= 0.3 is 0 Å². The van der Waals surface area contributed by atoms with Gasteiger partial charge in [-0.05, 0) is 49.4 Å². The van der Waals surface area contributed by atoms with Gasteiger partial charge in [-0.1, -0.05) is 30.3 Å². The smallest absolute Gasteiger partial charge is 0.257 e. The van der Waals surface area contributed by atoms with Crippen LogP contribution < -0.4 is 4.90 Å². The Morgan fingerprint density at radius 3 is 2.55 bits per heavy atom. The lowest BCUT2D eigenvalue weighted by Gasteiger charge is -2.18. The van der Waals surface area contributed by atoms with E-state index in [1.54, 1.807) is 41.3 Å². The molecule has 0 bridgehead atoms. The number of halogens is 1. The molecule has 0 aliphatic heterocycles. The normalized spacial score (nSPS) is 11.1. The Bertz CT molecular complexity index is 1160. The van der Waals surface area contributed by atoms with E-state index in [9.17, 15) is 9.18 Å². The molecule has 0 N–H and O–H groups in total. The summed E-state index contributed by atoms with van der Waals surface area (Å²) in [6.45, 7) is 1.89. The zero-order chi connectivity index (χ0) is 20.2. The van der Waals surface area contributed by atoms with Crippen molar-refractivity contribution in [2.24, 2.45) is 0 Å². The molecule has 144 valence electrons. The lowest BCUT2D eigenvalue weighted by atomic mass is 10.1. The monoisotopic (exact) mass is 404 g/mol. The molecule has 2 aromatic heterocycles. The van der Waals surface area contributed by atoms with Gasteiger partial charge in [0.05, 0.1) is 16.9 Å². The highest BCUT2D eigenvalue weighted by molar-refractivity contribution is 7.14. The van der Waals surface area contributed by atoms with Crippen LogP contribution in [0.3, 0.4) is 0 Å². The van der Waals surface area contributed by atoms with Crippen molar-refractivity contribution in [3.05, 3.63) is 95.5 Å². The van der Waals surface area contributed by atoms with E-state index < -0.39 is 0 Å². The first-order chi connectivity index (χ1) is 14.1. The van der Waals surface area contributed by atoms with Crippen LogP contribution in [0.2, 0.25) is 0 Å². The van der Waals surface area contributed by atoms with E-state index in [1.807, 2.05) is 42.6 Å². The van der Waals surface area contributed by atoms with Gasteiger partial charge < -0.3 is 4.42 Å². The van der Waals surface area contributed by atoms with Crippen LogP contribution in [-0.4, -0.2) is 10.9 Å². The summed E-state index contributed by atoms with van der Waals surface area (Å²) in [7, 11) is 0. The number of benzene rings is 2. The van der Waals surface area contributed by atoms with Gasteiger partial charge in [0, 0.05) is 11.5 Å². The van der Waals surface area contributed by atoms with Crippen LogP contribution in [0.15, 0.2) is 82.6 Å². The van der Waals surface area contributed by atoms with Gasteiger partial charge in [0.25, 0.3) is 5.91 Å². The molecule has 0 fully saturated rings. The second-order valence-electron chi connectivity index (χ2n) is 6.30. The van der Waals surface area contributed by atoms with Crippen LogP contribution in [-0.2, 0) is 4.79 Å². The van der Waals surface area contributed by atoms with Gasteiger partial charge in [0.1, 0.15) is 17.3 Å². The first-order valence-corrected chi connectivity index (χ1v) is 9.84. The summed E-state index contributed by atoms with van der Waals surface area (Å²) >= 11 is 1.40. The summed E-state index contributed by atoms with van der Waals surface area (Å²) in [6.07, 6.45) is 3.00. The second-order valence-corrected chi connectivity index (χ2v) is 7.13. The minimum absolute atomic E-state index is 0.255. The van der Waals surface area contributed by atoms with Crippen molar-refractivity contribution >= 4 is 34.1 Å². The number of aromatic nitrogens is 1. The molecular formula is C23H17FN2O2S. The fourth-order valence-electron chi connectivity index (χ4n) is 2.83. The maximum atomic E-state index is 13.9. The molecule has 2 aromatic carbocycles. The molecule has 4 nitrogen and oxygen atoms in total. The number of hydrogen-bond donors (Lipinski definition) is 0. The summed E-state index contributed by atoms with van der Waals surface area (Å²) in [4.78, 5) is 19.0. The Kier molecular flexibility index (Phi) is 5.35. The van der Waals surface area contributed by atoms with Crippen molar-refractivity contribution in [3.8, 4) is 11.3 Å². The average Bonchev–Trinajstić information content (AvgIpc) is 3.37. The van der Waals surface area contributed by atoms with Crippen LogP contribution in [0.5, 0.6) is 0 Å². The van der Waals surface area contributed by atoms with E-state index in [4.69, 9.17) is 4.42 Å². The number of rotatable bonds is 5. The van der Waals surface area contributed by atoms with Crippen molar-refractivity contribution < 1.29 is 13.6 Å². The number of anilines is 2. The largest absolute Gasteiger partial charge is 0.457 e. The Hall–Kier alpha value is -3.51. The second kappa shape index (κ2) is 8.24. The van der Waals surface area contributed by atoms with Crippen molar-refractivity contribution in [1.29, 1.82) is 0 Å². The molecule has 0 saturated heterocycles. The van der Waals surface area contributed by atoms with Crippen LogP contribution in [0.4, 0.5) is 15.2 Å². The topological polar surface area (TPSA) is 46.3 Å². The summed E-state index contributed by atoms with van der Waals surface area (Å²) in [5.41, 5.74) is 1.95. The maximum Gasteiger partial charge on any atom is 0.257 e. The van der Waals surface area contributed by atoms with Crippen LogP contribution in [0, 0.1) is 12.7 Å². The maximum absolute atomic E-state index is 13.9. The molecule has 0 aliphatic carbocycles. The molecular weight excluding hydrogens is 387 g/mol. The van der Waals surface area contributed by atoms with Crippen molar-refractivity contribution in [2.45, 2.75) is 6.92 Å². The van der Waals surface area contributed by atoms with E-state index >= 15 is 0 Å². The lowest BCUT2D eigenvalue weighted by Crippen LogP contribution is -2.23. The van der Waals surface area contributed by atoms with E-state index in [-0.39, 0.29) is 11.7 Å². The highest BCUT2D eigenvalue weighted by Gasteiger charge is 2.19. The standard InChI is InChI=1S/C23H17FN2O2S/c1-16-15-29-23(25-16)26(17-7-3-2-4-8-17)22(27)14-12-18-11-13-21(28-18)19-9-5-6-10-20(19)24/h2-15H,1H3. The zero-order valence-corrected chi connectivity index (χ0v) is 16.4. The Morgan fingerprint density at radius 2 is 1.83 bits per heavy atom. The molecule has 0 radical (unpaired) electrons. The molecule has 0 unspecified atom stereocenters. The average molecular weight is 404 g/mol. The third-order valence-corrected chi connectivity index (χ3v) is 5.13. The number of amides is 1. The third-order valence-electron chi connectivity index (χ3n) is 4.19. The van der Waals surface area contributed by atoms with E-state index in [0.29, 0.717) is 22.2 Å². The molecule has 6 heteroatoms. The quantitative estimate of drug-likeness (QED) is 0.371. The van der Waals surface area contributed by atoms with Crippen molar-refractivity contribution in [3.63, 3.8) is 0 Å². The minimum Gasteiger partial charge on any atom is -0.457 e. The number of para-hydroxylation sites is 1. The first-order valence-electron chi connectivity index (χ1n) is 8.96. The van der Waals surface area contributed by atoms with Crippen LogP contribution in [0.1, 0.15) is 11.5 Å². The lowest BCUT2D eigenvalue weighted by molar-refractivity contribution is -0.113. The molecule has 4 aromatic rings. The Morgan fingerprint density at radius 1 is 1.07 bits per heavy atom. The number of aryl methyl sites for hydroxylation is 1. The highest BCUT2D eigenvalue weighted by Crippen LogP contribution is 2.29. The number of hydrogen-bond acceptors (Lipinski definition) is 4. The molecule has 29 heavy (non-hydrogen) atoms. The first kappa shape index (κ1) is 18.8. The number of carbonyl (C=O) groups is 1. The van der Waals surface area contributed by atoms with E-state index in [2.05, 4.69) is 4.98 Å². The predicted molar refractivity (Wildman–Crippen MR) is 114 cm³/mol. The highest BCUT2D eigenvalue weighted by atomic mass is 32.1. The van der Waals surface area contributed by atoms with Crippen LogP contribution in [0.25, 0.3) is 17.4 Å². The number of thiazole rings is 1. The molecule has 2 heterocycles. The zero-order valence-electron chi connectivity index (χ0n) is 15.6. The summed E-state index contributed by atoms with van der Waals surface area (Å²) in [5.74, 6) is 0.253. The molecule has 0 aliphatic rings. The Labute approximate surface area is 171 Å². The van der Waals surface area contributed by atoms with Gasteiger partial charge in [0.15, 0.2) is 5.13 Å². The molecule has 1 amide bonds. The van der Waals surface area contributed by atoms with Gasteiger partial charge in [-0.15, -0.1) is 11.3 Å². The van der Waals surface area contributed by atoms with Crippen molar-refractivity contribution in [2.75, 3.05) is 4.90 Å². The number of furan rings is 1. The molecule has 4 rings (SSSR count). The van der Waals surface area contributed by atoms with Gasteiger partial charge in [-0.2, -0.15) is 0 Å². The van der Waals surface area contributed by atoms with Gasteiger partial charge in [-0.3, -0.25) is 9.69 Å². The summed E-state index contributed by atoms with van der Waals surface area (Å²) < 4.78 is 19.6. The van der Waals surface area contributed by atoms with Crippen molar-refractivity contribution in [1.82, 2.24) is 4.98 Å². The van der Waals surface area contributed by atoms with E-state index in [1.165, 1.54) is 23.5 Å². The fraction of sp³-hybridized carbons (Fsp3) is 0.0435. The minimum atomic E-state index is -0.358. The predicted octanol–water partition coefficient (Wildman–Crippen LogP) is 6.23. The molecule has 0 atom stereocenters. The van der Waals surface area contributed by atoms with Gasteiger partial charge in [0.2, 0.25) is 0 Å². The Balaban J connectivity index is 1.60. The summed E-state index contributed by atoms with van der Waals surface area (Å²) in [6, 6.07) is 19.1. The number of carbonyl (C=O) groups excluding carboxylic acids is 1. The fourth-order valence-corrected chi connectivity index (χ4v) is 3.66. The third kappa shape index (κ3) is 4.17. The van der Waals surface area contributed by atoms with Gasteiger partial charge in [-0.25, -0.2) is 9.37 Å². The number of nitrogens with zero attached hydrogens (tertiary/aromatic N) is 2. The van der Waals surface area contributed by atoms with E-state index in [0.717, 1.165) is 11.4 Å². The molecule has 0 saturated carbocycles. The summed E-state index contributed by atoms with van der Waals surface area (Å²) in [5, 5.41) is 2.49. The SMILES string of the molecule is Cc1csc(N(C(=O)C=Cc2ccc(-c3ccccc3F)o2)c2ccccc2)n1. The van der Waals surface area contributed by atoms with Crippen LogP contribution >= 0.6 is 11.3 Å². The molecule has 0 spiro atoms.